The Morgan fingerprint density at radius 3 is 2.33 bits per heavy atom. The lowest BCUT2D eigenvalue weighted by molar-refractivity contribution is 0.0592. The number of nitrogens with zero attached hydrogens (tertiary/aromatic N) is 1. The topological polar surface area (TPSA) is 79.5 Å². The molecule has 0 spiro atoms. The van der Waals surface area contributed by atoms with Crippen molar-refractivity contribution in [2.45, 2.75) is 40.2 Å². The second-order valence-electron chi connectivity index (χ2n) is 6.52. The monoisotopic (exact) mass is 370 g/mol. The molecule has 0 aliphatic heterocycles. The van der Waals surface area contributed by atoms with Crippen molar-refractivity contribution in [3.8, 4) is 0 Å². The first-order chi connectivity index (χ1) is 12.8. The highest BCUT2D eigenvalue weighted by Crippen LogP contribution is 2.23. The van der Waals surface area contributed by atoms with Gasteiger partial charge >= 0.3 is 5.97 Å². The number of aromatic amines is 1. The van der Waals surface area contributed by atoms with E-state index in [9.17, 15) is 14.4 Å². The molecule has 1 amide bonds. The SMILES string of the molecule is CCCN(C(=O)c1ccccc1)C(C)C(=O)c1c(C)[nH]c(C(=O)OC)c1C. The van der Waals surface area contributed by atoms with E-state index in [0.29, 0.717) is 28.9 Å². The highest BCUT2D eigenvalue weighted by molar-refractivity contribution is 6.07. The smallest absolute Gasteiger partial charge is 0.354 e. The first-order valence-corrected chi connectivity index (χ1v) is 9.01. The zero-order valence-corrected chi connectivity index (χ0v) is 16.5. The van der Waals surface area contributed by atoms with E-state index in [-0.39, 0.29) is 17.4 Å². The first-order valence-electron chi connectivity index (χ1n) is 9.01. The molecule has 0 bridgehead atoms. The molecule has 0 fully saturated rings. The number of carbonyl (C=O) groups is 3. The number of ether oxygens (including phenoxy) is 1. The van der Waals surface area contributed by atoms with Gasteiger partial charge in [-0.3, -0.25) is 9.59 Å². The molecule has 6 nitrogen and oxygen atoms in total. The van der Waals surface area contributed by atoms with Crippen LogP contribution in [-0.2, 0) is 4.74 Å². The molecule has 1 atom stereocenters. The van der Waals surface area contributed by atoms with Crippen molar-refractivity contribution < 1.29 is 19.1 Å². The predicted molar refractivity (Wildman–Crippen MR) is 103 cm³/mol. The van der Waals surface area contributed by atoms with Gasteiger partial charge in [-0.1, -0.05) is 25.1 Å². The molecule has 2 rings (SSSR count). The van der Waals surface area contributed by atoms with Gasteiger partial charge in [0.05, 0.1) is 13.2 Å². The maximum absolute atomic E-state index is 13.2. The Hall–Kier alpha value is -2.89. The van der Waals surface area contributed by atoms with Crippen molar-refractivity contribution >= 4 is 17.7 Å². The number of Topliss-reactive ketones (excluding diaryl/α,β-unsaturated/α-hetero) is 1. The standard InChI is InChI=1S/C21H26N2O4/c1-6-12-23(20(25)16-10-8-7-9-11-16)15(4)19(24)17-13(2)18(21(26)27-5)22-14(17)3/h7-11,15,22H,6,12H2,1-5H3. The van der Waals surface area contributed by atoms with Crippen molar-refractivity contribution in [1.82, 2.24) is 9.88 Å². The van der Waals surface area contributed by atoms with Gasteiger partial charge in [-0.2, -0.15) is 0 Å². The summed E-state index contributed by atoms with van der Waals surface area (Å²) in [7, 11) is 1.30. The summed E-state index contributed by atoms with van der Waals surface area (Å²) in [6, 6.07) is 8.27. The van der Waals surface area contributed by atoms with Crippen molar-refractivity contribution in [2.75, 3.05) is 13.7 Å². The molecular formula is C21H26N2O4. The number of H-pyrrole nitrogens is 1. The van der Waals surface area contributed by atoms with Crippen LogP contribution in [0.25, 0.3) is 0 Å². The Morgan fingerprint density at radius 2 is 1.78 bits per heavy atom. The van der Waals surface area contributed by atoms with Crippen LogP contribution < -0.4 is 0 Å². The minimum atomic E-state index is -0.656. The Kier molecular flexibility index (Phi) is 6.55. The van der Waals surface area contributed by atoms with Gasteiger partial charge in [0, 0.05) is 23.4 Å². The van der Waals surface area contributed by atoms with E-state index >= 15 is 0 Å². The predicted octanol–water partition coefficient (Wildman–Crippen LogP) is 3.54. The molecule has 1 aromatic heterocycles. The van der Waals surface area contributed by atoms with Crippen molar-refractivity contribution in [2.24, 2.45) is 0 Å². The van der Waals surface area contributed by atoms with Crippen LogP contribution >= 0.6 is 0 Å². The molecule has 144 valence electrons. The summed E-state index contributed by atoms with van der Waals surface area (Å²) >= 11 is 0. The lowest BCUT2D eigenvalue weighted by Crippen LogP contribution is -2.44. The third kappa shape index (κ3) is 4.10. The Balaban J connectivity index is 2.37. The number of nitrogens with one attached hydrogen (secondary N) is 1. The molecule has 0 saturated carbocycles. The van der Waals surface area contributed by atoms with Gasteiger partial charge in [-0.25, -0.2) is 4.79 Å². The van der Waals surface area contributed by atoms with Crippen LogP contribution in [0.15, 0.2) is 30.3 Å². The van der Waals surface area contributed by atoms with E-state index < -0.39 is 12.0 Å². The Labute approximate surface area is 159 Å². The highest BCUT2D eigenvalue weighted by atomic mass is 16.5. The van der Waals surface area contributed by atoms with E-state index in [1.807, 2.05) is 13.0 Å². The van der Waals surface area contributed by atoms with Gasteiger partial charge in [0.2, 0.25) is 0 Å². The average Bonchev–Trinajstić information content (AvgIpc) is 2.98. The summed E-state index contributed by atoms with van der Waals surface area (Å²) in [5.41, 5.74) is 2.38. The van der Waals surface area contributed by atoms with Gasteiger partial charge in [-0.05, 0) is 44.9 Å². The highest BCUT2D eigenvalue weighted by Gasteiger charge is 2.31. The van der Waals surface area contributed by atoms with Crippen LogP contribution in [0.2, 0.25) is 0 Å². The number of aryl methyl sites for hydroxylation is 1. The fourth-order valence-electron chi connectivity index (χ4n) is 3.23. The number of ketones is 1. The zero-order valence-electron chi connectivity index (χ0n) is 16.5. The van der Waals surface area contributed by atoms with E-state index in [0.717, 1.165) is 6.42 Å². The third-order valence-electron chi connectivity index (χ3n) is 4.67. The molecule has 0 radical (unpaired) electrons. The fourth-order valence-corrected chi connectivity index (χ4v) is 3.23. The number of carbonyl (C=O) groups excluding carboxylic acids is 3. The van der Waals surface area contributed by atoms with Crippen LogP contribution in [0.3, 0.4) is 0 Å². The van der Waals surface area contributed by atoms with Crippen molar-refractivity contribution in [3.05, 3.63) is 58.4 Å². The van der Waals surface area contributed by atoms with E-state index in [2.05, 4.69) is 4.98 Å². The molecule has 27 heavy (non-hydrogen) atoms. The molecule has 0 aliphatic carbocycles. The summed E-state index contributed by atoms with van der Waals surface area (Å²) in [5.74, 6) is -0.903. The number of hydrogen-bond acceptors (Lipinski definition) is 4. The van der Waals surface area contributed by atoms with Crippen LogP contribution in [0.4, 0.5) is 0 Å². The van der Waals surface area contributed by atoms with Crippen LogP contribution in [0, 0.1) is 13.8 Å². The van der Waals surface area contributed by atoms with E-state index in [4.69, 9.17) is 4.74 Å². The molecule has 0 aliphatic rings. The van der Waals surface area contributed by atoms with Gasteiger partial charge in [0.15, 0.2) is 5.78 Å². The lowest BCUT2D eigenvalue weighted by atomic mass is 9.99. The van der Waals surface area contributed by atoms with Crippen LogP contribution in [0.5, 0.6) is 0 Å². The number of rotatable bonds is 7. The molecule has 1 aromatic carbocycles. The number of methoxy groups -OCH3 is 1. The maximum atomic E-state index is 13.2. The second kappa shape index (κ2) is 8.66. The number of aromatic nitrogens is 1. The van der Waals surface area contributed by atoms with E-state index in [1.165, 1.54) is 7.11 Å². The number of esters is 1. The lowest BCUT2D eigenvalue weighted by Gasteiger charge is -2.28. The van der Waals surface area contributed by atoms with Gasteiger partial charge < -0.3 is 14.6 Å². The minimum absolute atomic E-state index is 0.183. The van der Waals surface area contributed by atoms with Crippen LogP contribution in [-0.4, -0.2) is 47.2 Å². The van der Waals surface area contributed by atoms with Crippen molar-refractivity contribution in [3.63, 3.8) is 0 Å². The molecular weight excluding hydrogens is 344 g/mol. The third-order valence-corrected chi connectivity index (χ3v) is 4.67. The van der Waals surface area contributed by atoms with E-state index in [1.54, 1.807) is 49.9 Å². The number of hydrogen-bond donors (Lipinski definition) is 1. The summed E-state index contributed by atoms with van der Waals surface area (Å²) < 4.78 is 4.76. The van der Waals surface area contributed by atoms with Gasteiger partial charge in [0.1, 0.15) is 5.69 Å². The minimum Gasteiger partial charge on any atom is -0.464 e. The number of amides is 1. The van der Waals surface area contributed by atoms with Crippen LogP contribution in [0.1, 0.15) is 62.7 Å². The molecule has 1 unspecified atom stereocenters. The summed E-state index contributed by atoms with van der Waals surface area (Å²) in [5, 5.41) is 0. The van der Waals surface area contributed by atoms with Crippen molar-refractivity contribution in [1.29, 1.82) is 0 Å². The Bertz CT molecular complexity index is 839. The normalized spacial score (nSPS) is 11.7. The quantitative estimate of drug-likeness (QED) is 0.597. The maximum Gasteiger partial charge on any atom is 0.354 e. The Morgan fingerprint density at radius 1 is 1.15 bits per heavy atom. The summed E-state index contributed by atoms with van der Waals surface area (Å²) in [4.78, 5) is 42.5. The zero-order chi connectivity index (χ0) is 20.1. The molecule has 0 saturated heterocycles. The molecule has 1 N–H and O–H groups in total. The number of benzene rings is 1. The first kappa shape index (κ1) is 20.4. The molecule has 2 aromatic rings. The second-order valence-corrected chi connectivity index (χ2v) is 6.52. The largest absolute Gasteiger partial charge is 0.464 e. The summed E-state index contributed by atoms with van der Waals surface area (Å²) in [6.07, 6.45) is 0.731. The molecule has 1 heterocycles. The molecule has 6 heteroatoms. The fraction of sp³-hybridized carbons (Fsp3) is 0.381. The van der Waals surface area contributed by atoms with Gasteiger partial charge in [-0.15, -0.1) is 0 Å². The van der Waals surface area contributed by atoms with Gasteiger partial charge in [0.25, 0.3) is 5.91 Å². The average molecular weight is 370 g/mol. The summed E-state index contributed by atoms with van der Waals surface area (Å²) in [6.45, 7) is 7.60.